The predicted molar refractivity (Wildman–Crippen MR) is 44.8 cm³/mol. The normalized spacial score (nSPS) is 11.6. The molecule has 0 unspecified atom stereocenters. The molecule has 0 atom stereocenters. The van der Waals surface area contributed by atoms with Crippen molar-refractivity contribution >= 4 is 17.6 Å². The summed E-state index contributed by atoms with van der Waals surface area (Å²) >= 11 is 5.22. The van der Waals surface area contributed by atoms with Gasteiger partial charge < -0.3 is 0 Å². The molecule has 0 bridgehead atoms. The number of alkyl halides is 1. The third-order valence-electron chi connectivity index (χ3n) is 1.21. The zero-order valence-electron chi connectivity index (χ0n) is 5.80. The summed E-state index contributed by atoms with van der Waals surface area (Å²) in [5, 5.41) is 0. The maximum absolute atomic E-state index is 12.8. The van der Waals surface area contributed by atoms with E-state index in [0.717, 1.165) is 0 Å². The molecule has 0 aliphatic carbocycles. The van der Waals surface area contributed by atoms with Gasteiger partial charge in [0.05, 0.1) is 0 Å². The van der Waals surface area contributed by atoms with Gasteiger partial charge in [-0.15, -0.1) is 11.6 Å². The van der Waals surface area contributed by atoms with Crippen LogP contribution in [0.1, 0.15) is 5.56 Å². The average molecular weight is 172 g/mol. The molecule has 0 radical (unpaired) electrons. The van der Waals surface area contributed by atoms with Crippen LogP contribution in [0.25, 0.3) is 0 Å². The van der Waals surface area contributed by atoms with E-state index in [1.165, 1.54) is 0 Å². The van der Waals surface area contributed by atoms with Gasteiger partial charge in [0, 0.05) is 5.56 Å². The average Bonchev–Trinajstić information content (AvgIpc) is 2.07. The Hall–Kier alpha value is -0.890. The monoisotopic (exact) mass is 171 g/mol. The van der Waals surface area contributed by atoms with Crippen molar-refractivity contribution in [1.29, 1.82) is 0 Å². The number of aliphatic imine (C=N–C) groups is 1. The molecule has 1 rings (SSSR count). The van der Waals surface area contributed by atoms with Gasteiger partial charge in [0.1, 0.15) is 6.00 Å². The molecule has 0 saturated carbocycles. The van der Waals surface area contributed by atoms with Gasteiger partial charge >= 0.3 is 0 Å². The molecule has 0 heterocycles. The molecule has 58 valence electrons. The van der Waals surface area contributed by atoms with Crippen molar-refractivity contribution in [3.8, 4) is 0 Å². The van der Waals surface area contributed by atoms with Crippen LogP contribution in [-0.2, 0) is 0 Å². The SMILES string of the molecule is F/C(=N\CCl)c1ccccc1. The van der Waals surface area contributed by atoms with Crippen molar-refractivity contribution in [2.75, 3.05) is 6.00 Å². The van der Waals surface area contributed by atoms with Crippen molar-refractivity contribution in [3.05, 3.63) is 35.9 Å². The maximum Gasteiger partial charge on any atom is 0.216 e. The van der Waals surface area contributed by atoms with Crippen molar-refractivity contribution in [2.45, 2.75) is 0 Å². The van der Waals surface area contributed by atoms with E-state index >= 15 is 0 Å². The first-order valence-electron chi connectivity index (χ1n) is 3.16. The van der Waals surface area contributed by atoms with Crippen molar-refractivity contribution in [2.24, 2.45) is 4.99 Å². The van der Waals surface area contributed by atoms with Gasteiger partial charge in [-0.05, 0) is 0 Å². The maximum atomic E-state index is 12.8. The van der Waals surface area contributed by atoms with Gasteiger partial charge in [0.2, 0.25) is 5.97 Å². The predicted octanol–water partition coefficient (Wildman–Crippen LogP) is 2.60. The Kier molecular flexibility index (Phi) is 3.05. The van der Waals surface area contributed by atoms with Crippen molar-refractivity contribution in [1.82, 2.24) is 0 Å². The van der Waals surface area contributed by atoms with Crippen LogP contribution in [-0.4, -0.2) is 12.0 Å². The fourth-order valence-electron chi connectivity index (χ4n) is 0.719. The summed E-state index contributed by atoms with van der Waals surface area (Å²) in [6.45, 7) is 0. The summed E-state index contributed by atoms with van der Waals surface area (Å²) in [6, 6.07) is 8.56. The Morgan fingerprint density at radius 2 is 2.00 bits per heavy atom. The molecule has 0 fully saturated rings. The summed E-state index contributed by atoms with van der Waals surface area (Å²) < 4.78 is 12.8. The minimum atomic E-state index is -0.513. The van der Waals surface area contributed by atoms with Crippen LogP contribution < -0.4 is 0 Å². The lowest BCUT2D eigenvalue weighted by molar-refractivity contribution is 0.802. The molecular formula is C8H7ClFN. The quantitative estimate of drug-likeness (QED) is 0.369. The minimum Gasteiger partial charge on any atom is -0.241 e. The standard InChI is InChI=1S/C8H7ClFN/c9-6-11-8(10)7-4-2-1-3-5-7/h1-5H,6H2/b11-8-. The molecule has 1 aromatic carbocycles. The number of nitrogens with zero attached hydrogens (tertiary/aromatic N) is 1. The summed E-state index contributed by atoms with van der Waals surface area (Å²) in [7, 11) is 0. The molecule has 1 aromatic rings. The molecule has 0 aliphatic heterocycles. The summed E-state index contributed by atoms with van der Waals surface area (Å²) in [5.41, 5.74) is 0.466. The van der Waals surface area contributed by atoms with E-state index < -0.39 is 5.97 Å². The Morgan fingerprint density at radius 3 is 2.55 bits per heavy atom. The third-order valence-corrected chi connectivity index (χ3v) is 1.33. The zero-order valence-corrected chi connectivity index (χ0v) is 6.55. The highest BCUT2D eigenvalue weighted by atomic mass is 35.5. The van der Waals surface area contributed by atoms with Crippen LogP contribution in [0.5, 0.6) is 0 Å². The second-order valence-electron chi connectivity index (χ2n) is 1.93. The van der Waals surface area contributed by atoms with Gasteiger partial charge in [-0.3, -0.25) is 0 Å². The molecule has 0 aliphatic rings. The second kappa shape index (κ2) is 4.09. The molecule has 0 amide bonds. The first-order valence-corrected chi connectivity index (χ1v) is 3.69. The van der Waals surface area contributed by atoms with E-state index in [-0.39, 0.29) is 6.00 Å². The lowest BCUT2D eigenvalue weighted by Gasteiger charge is -1.93. The van der Waals surface area contributed by atoms with Gasteiger partial charge in [-0.2, -0.15) is 4.39 Å². The summed E-state index contributed by atoms with van der Waals surface area (Å²) in [4.78, 5) is 3.41. The van der Waals surface area contributed by atoms with Crippen LogP contribution in [0.2, 0.25) is 0 Å². The Balaban J connectivity index is 2.85. The number of hydrogen-bond donors (Lipinski definition) is 0. The number of benzene rings is 1. The Bertz CT molecular complexity index is 246. The highest BCUT2D eigenvalue weighted by Crippen LogP contribution is 2.02. The van der Waals surface area contributed by atoms with Crippen LogP contribution in [0.3, 0.4) is 0 Å². The molecule has 0 aromatic heterocycles. The lowest BCUT2D eigenvalue weighted by atomic mass is 10.2. The molecular weight excluding hydrogens is 165 g/mol. The van der Waals surface area contributed by atoms with Crippen molar-refractivity contribution < 1.29 is 4.39 Å². The number of halogens is 2. The molecule has 0 saturated heterocycles. The smallest absolute Gasteiger partial charge is 0.216 e. The Labute approximate surface area is 69.5 Å². The molecule has 0 N–H and O–H groups in total. The van der Waals surface area contributed by atoms with Crippen LogP contribution >= 0.6 is 11.6 Å². The van der Waals surface area contributed by atoms with Gasteiger partial charge in [-0.1, -0.05) is 30.3 Å². The van der Waals surface area contributed by atoms with Crippen molar-refractivity contribution in [3.63, 3.8) is 0 Å². The van der Waals surface area contributed by atoms with E-state index in [2.05, 4.69) is 4.99 Å². The second-order valence-corrected chi connectivity index (χ2v) is 2.17. The zero-order chi connectivity index (χ0) is 8.10. The first-order chi connectivity index (χ1) is 5.34. The van der Waals surface area contributed by atoms with Crippen LogP contribution in [0.4, 0.5) is 4.39 Å². The van der Waals surface area contributed by atoms with E-state index in [0.29, 0.717) is 5.56 Å². The summed E-state index contributed by atoms with van der Waals surface area (Å²) in [6.07, 6.45) is 0. The van der Waals surface area contributed by atoms with Gasteiger partial charge in [0.15, 0.2) is 0 Å². The van der Waals surface area contributed by atoms with Gasteiger partial charge in [-0.25, -0.2) is 4.99 Å². The molecule has 1 nitrogen and oxygen atoms in total. The highest BCUT2D eigenvalue weighted by molar-refractivity contribution is 6.18. The minimum absolute atomic E-state index is 0.0409. The highest BCUT2D eigenvalue weighted by Gasteiger charge is 1.97. The first kappa shape index (κ1) is 8.21. The third kappa shape index (κ3) is 2.31. The van der Waals surface area contributed by atoms with Crippen LogP contribution in [0.15, 0.2) is 35.3 Å². The summed E-state index contributed by atoms with van der Waals surface area (Å²) in [5.74, 6) is -0.513. The molecule has 0 spiro atoms. The number of hydrogen-bond acceptors (Lipinski definition) is 1. The van der Waals surface area contributed by atoms with E-state index in [4.69, 9.17) is 11.6 Å². The van der Waals surface area contributed by atoms with E-state index in [1.54, 1.807) is 24.3 Å². The fourth-order valence-corrected chi connectivity index (χ4v) is 0.824. The number of rotatable bonds is 2. The molecule has 3 heteroatoms. The topological polar surface area (TPSA) is 12.4 Å². The van der Waals surface area contributed by atoms with E-state index in [9.17, 15) is 4.39 Å². The van der Waals surface area contributed by atoms with Gasteiger partial charge in [0.25, 0.3) is 0 Å². The fraction of sp³-hybridized carbons (Fsp3) is 0.125. The lowest BCUT2D eigenvalue weighted by Crippen LogP contribution is -1.91. The Morgan fingerprint density at radius 1 is 1.36 bits per heavy atom. The van der Waals surface area contributed by atoms with E-state index in [1.807, 2.05) is 6.07 Å². The van der Waals surface area contributed by atoms with Crippen LogP contribution in [0, 0.1) is 0 Å². The largest absolute Gasteiger partial charge is 0.241 e. The molecule has 11 heavy (non-hydrogen) atoms.